The summed E-state index contributed by atoms with van der Waals surface area (Å²) in [6.45, 7) is 2.94. The summed E-state index contributed by atoms with van der Waals surface area (Å²) < 4.78 is 34.6. The Morgan fingerprint density at radius 1 is 1.33 bits per heavy atom. The first-order valence-corrected chi connectivity index (χ1v) is 8.89. The van der Waals surface area contributed by atoms with Crippen molar-refractivity contribution in [3.63, 3.8) is 0 Å². The molecule has 0 amide bonds. The van der Waals surface area contributed by atoms with Gasteiger partial charge in [0.25, 0.3) is 0 Å². The number of rotatable bonds is 3. The van der Waals surface area contributed by atoms with Crippen molar-refractivity contribution in [3.05, 3.63) is 40.6 Å². The molecule has 0 unspecified atom stereocenters. The molecule has 0 bridgehead atoms. The molecule has 3 N–H and O–H groups in total. The number of nitrogens with two attached hydrogens (primary N) is 1. The number of carbonyl (C=O) groups is 1. The second-order valence-corrected chi connectivity index (χ2v) is 6.97. The Balaban J connectivity index is 0.000000321. The number of likely N-dealkylation sites (tertiary alicyclic amines) is 1. The summed E-state index contributed by atoms with van der Waals surface area (Å²) in [5.74, 6) is -2.76. The van der Waals surface area contributed by atoms with Crippen LogP contribution in [0, 0.1) is 0 Å². The second-order valence-electron chi connectivity index (χ2n) is 6.05. The largest absolute Gasteiger partial charge is 0.490 e. The van der Waals surface area contributed by atoms with Crippen LogP contribution >= 0.6 is 15.9 Å². The fourth-order valence-electron chi connectivity index (χ4n) is 2.46. The third-order valence-electron chi connectivity index (χ3n) is 3.87. The molecule has 0 aliphatic carbocycles. The Kier molecular flexibility index (Phi) is 7.33. The number of carboxylic acid groups (broad SMARTS) is 1. The number of alkyl halides is 3. The van der Waals surface area contributed by atoms with Gasteiger partial charge < -0.3 is 10.8 Å². The lowest BCUT2D eigenvalue weighted by Gasteiger charge is -2.29. The highest BCUT2D eigenvalue weighted by Gasteiger charge is 2.38. The van der Waals surface area contributed by atoms with Crippen LogP contribution in [0.1, 0.15) is 18.5 Å². The highest BCUT2D eigenvalue weighted by molar-refractivity contribution is 9.10. The van der Waals surface area contributed by atoms with Crippen molar-refractivity contribution in [2.45, 2.75) is 31.6 Å². The van der Waals surface area contributed by atoms with Gasteiger partial charge in [-0.25, -0.2) is 9.48 Å². The number of benzene rings is 1. The minimum atomic E-state index is -5.08. The maximum Gasteiger partial charge on any atom is 0.490 e. The molecule has 3 rings (SSSR count). The van der Waals surface area contributed by atoms with Crippen LogP contribution in [-0.2, 0) is 11.3 Å². The van der Waals surface area contributed by atoms with E-state index in [4.69, 9.17) is 15.6 Å². The molecule has 1 aliphatic heterocycles. The van der Waals surface area contributed by atoms with E-state index in [1.54, 1.807) is 0 Å². The number of hydrogen-bond donors (Lipinski definition) is 2. The van der Waals surface area contributed by atoms with Gasteiger partial charge in [0.15, 0.2) is 0 Å². The number of carboxylic acids is 1. The predicted octanol–water partition coefficient (Wildman–Crippen LogP) is 2.59. The van der Waals surface area contributed by atoms with Crippen molar-refractivity contribution in [2.75, 3.05) is 13.1 Å². The fourth-order valence-corrected chi connectivity index (χ4v) is 2.84. The van der Waals surface area contributed by atoms with Crippen LogP contribution in [0.5, 0.6) is 0 Å². The monoisotopic (exact) mass is 449 g/mol. The lowest BCUT2D eigenvalue weighted by atomic mass is 10.1. The summed E-state index contributed by atoms with van der Waals surface area (Å²) in [6.07, 6.45) is -0.949. The molecule has 1 aliphatic rings. The number of aliphatic carboxylic acids is 1. The number of piperidine rings is 1. The van der Waals surface area contributed by atoms with Gasteiger partial charge in [-0.2, -0.15) is 13.2 Å². The highest BCUT2D eigenvalue weighted by atomic mass is 79.9. The maximum atomic E-state index is 10.6. The minimum Gasteiger partial charge on any atom is -0.475 e. The Labute approximate surface area is 162 Å². The van der Waals surface area contributed by atoms with Gasteiger partial charge in [-0.15, -0.1) is 5.10 Å². The van der Waals surface area contributed by atoms with E-state index in [2.05, 4.69) is 31.1 Å². The molecule has 27 heavy (non-hydrogen) atoms. The molecule has 1 fully saturated rings. The minimum absolute atomic E-state index is 0.364. The SMILES string of the molecule is NC1CCN(Cc2cn(-c3cccc(Br)c3)nn2)CC1.O=C(O)C(F)(F)F. The van der Waals surface area contributed by atoms with Gasteiger partial charge in [-0.05, 0) is 31.0 Å². The number of halogens is 4. The maximum absolute atomic E-state index is 10.6. The van der Waals surface area contributed by atoms with Crippen LogP contribution in [0.25, 0.3) is 5.69 Å². The summed E-state index contributed by atoms with van der Waals surface area (Å²) in [5, 5.41) is 15.6. The van der Waals surface area contributed by atoms with E-state index in [0.717, 1.165) is 48.3 Å². The van der Waals surface area contributed by atoms with Crippen LogP contribution in [0.4, 0.5) is 13.2 Å². The molecule has 11 heteroatoms. The summed E-state index contributed by atoms with van der Waals surface area (Å²) >= 11 is 3.47. The van der Waals surface area contributed by atoms with Gasteiger partial charge in [-0.1, -0.05) is 27.2 Å². The van der Waals surface area contributed by atoms with E-state index in [9.17, 15) is 13.2 Å². The highest BCUT2D eigenvalue weighted by Crippen LogP contribution is 2.16. The lowest BCUT2D eigenvalue weighted by Crippen LogP contribution is -2.39. The molecule has 148 valence electrons. The zero-order valence-corrected chi connectivity index (χ0v) is 15.8. The smallest absolute Gasteiger partial charge is 0.475 e. The first kappa shape index (κ1) is 21.3. The van der Waals surface area contributed by atoms with Crippen molar-refractivity contribution >= 4 is 21.9 Å². The molecular formula is C16H19BrF3N5O2. The summed E-state index contributed by atoms with van der Waals surface area (Å²) in [7, 11) is 0. The zero-order chi connectivity index (χ0) is 20.0. The van der Waals surface area contributed by atoms with Gasteiger partial charge in [0.05, 0.1) is 17.6 Å². The molecule has 7 nitrogen and oxygen atoms in total. The first-order valence-electron chi connectivity index (χ1n) is 8.10. The van der Waals surface area contributed by atoms with E-state index >= 15 is 0 Å². The molecule has 1 saturated heterocycles. The Morgan fingerprint density at radius 2 is 1.96 bits per heavy atom. The van der Waals surface area contributed by atoms with E-state index < -0.39 is 12.1 Å². The first-order chi connectivity index (χ1) is 12.6. The van der Waals surface area contributed by atoms with Crippen molar-refractivity contribution < 1.29 is 23.1 Å². The van der Waals surface area contributed by atoms with Gasteiger partial charge in [0.1, 0.15) is 0 Å². The topological polar surface area (TPSA) is 97.3 Å². The van der Waals surface area contributed by atoms with Crippen LogP contribution in [-0.4, -0.2) is 56.3 Å². The standard InChI is InChI=1S/C14H18BrN5.C2HF3O2/c15-11-2-1-3-14(8-11)20-10-13(17-18-20)9-19-6-4-12(16)5-7-19;3-2(4,5)1(6)7/h1-3,8,10,12H,4-7,9,16H2;(H,6,7). The van der Waals surface area contributed by atoms with E-state index in [1.807, 2.05) is 35.1 Å². The molecule has 2 aromatic rings. The third kappa shape index (κ3) is 6.92. The van der Waals surface area contributed by atoms with Crippen molar-refractivity contribution in [1.82, 2.24) is 19.9 Å². The molecule has 0 spiro atoms. The summed E-state index contributed by atoms with van der Waals surface area (Å²) in [4.78, 5) is 11.3. The summed E-state index contributed by atoms with van der Waals surface area (Å²) in [6, 6.07) is 8.40. The molecule has 0 radical (unpaired) electrons. The van der Waals surface area contributed by atoms with E-state index in [1.165, 1.54) is 0 Å². The Morgan fingerprint density at radius 3 is 2.52 bits per heavy atom. The number of hydrogen-bond acceptors (Lipinski definition) is 5. The van der Waals surface area contributed by atoms with Crippen LogP contribution < -0.4 is 5.73 Å². The van der Waals surface area contributed by atoms with Crippen LogP contribution in [0.2, 0.25) is 0 Å². The molecular weight excluding hydrogens is 431 g/mol. The van der Waals surface area contributed by atoms with Crippen molar-refractivity contribution in [3.8, 4) is 5.69 Å². The van der Waals surface area contributed by atoms with E-state index in [-0.39, 0.29) is 0 Å². The molecule has 1 aromatic carbocycles. The molecule has 2 heterocycles. The van der Waals surface area contributed by atoms with E-state index in [0.29, 0.717) is 6.04 Å². The summed E-state index contributed by atoms with van der Waals surface area (Å²) in [5.41, 5.74) is 7.93. The Bertz CT molecular complexity index is 761. The molecule has 0 atom stereocenters. The number of aromatic nitrogens is 3. The third-order valence-corrected chi connectivity index (χ3v) is 4.37. The van der Waals surface area contributed by atoms with Crippen LogP contribution in [0.15, 0.2) is 34.9 Å². The second kappa shape index (κ2) is 9.29. The lowest BCUT2D eigenvalue weighted by molar-refractivity contribution is -0.192. The zero-order valence-electron chi connectivity index (χ0n) is 14.2. The van der Waals surface area contributed by atoms with Crippen molar-refractivity contribution in [1.29, 1.82) is 0 Å². The van der Waals surface area contributed by atoms with Gasteiger partial charge in [-0.3, -0.25) is 4.90 Å². The average molecular weight is 450 g/mol. The normalized spacial score (nSPS) is 15.9. The van der Waals surface area contributed by atoms with Gasteiger partial charge in [0.2, 0.25) is 0 Å². The average Bonchev–Trinajstić information content (AvgIpc) is 3.05. The van der Waals surface area contributed by atoms with Gasteiger partial charge >= 0.3 is 12.1 Å². The van der Waals surface area contributed by atoms with Crippen LogP contribution in [0.3, 0.4) is 0 Å². The predicted molar refractivity (Wildman–Crippen MR) is 95.2 cm³/mol. The van der Waals surface area contributed by atoms with Gasteiger partial charge in [0, 0.05) is 30.1 Å². The Hall–Kier alpha value is -1.98. The quantitative estimate of drug-likeness (QED) is 0.747. The van der Waals surface area contributed by atoms with Crippen molar-refractivity contribution in [2.24, 2.45) is 5.73 Å². The number of nitrogens with zero attached hydrogens (tertiary/aromatic N) is 4. The molecule has 0 saturated carbocycles. The fraction of sp³-hybridized carbons (Fsp3) is 0.438. The molecule has 1 aromatic heterocycles.